The summed E-state index contributed by atoms with van der Waals surface area (Å²) in [5.74, 6) is 0. The van der Waals surface area contributed by atoms with E-state index in [1.807, 2.05) is 18.3 Å². The fraction of sp³-hybridized carbons (Fsp3) is 0.154. The Bertz CT molecular complexity index is 1230. The van der Waals surface area contributed by atoms with Crippen LogP contribution in [0.3, 0.4) is 0 Å². The normalized spacial score (nSPS) is 18.3. The van der Waals surface area contributed by atoms with E-state index in [1.54, 1.807) is 0 Å². The number of hydrogen-bond donors (Lipinski definition) is 1. The highest BCUT2D eigenvalue weighted by Gasteiger charge is 2.42. The van der Waals surface area contributed by atoms with Crippen LogP contribution in [0.4, 0.5) is 5.69 Å². The fourth-order valence-corrected chi connectivity index (χ4v) is 4.71. The van der Waals surface area contributed by atoms with E-state index in [9.17, 15) is 0 Å². The quantitative estimate of drug-likeness (QED) is 0.428. The molecule has 0 bridgehead atoms. The summed E-state index contributed by atoms with van der Waals surface area (Å²) in [6.07, 6.45) is 3.96. The summed E-state index contributed by atoms with van der Waals surface area (Å²) in [7, 11) is 0. The van der Waals surface area contributed by atoms with Crippen LogP contribution in [-0.2, 0) is 0 Å². The van der Waals surface area contributed by atoms with Gasteiger partial charge in [0.25, 0.3) is 0 Å². The Morgan fingerprint density at radius 2 is 1.58 bits per heavy atom. The Morgan fingerprint density at radius 1 is 0.839 bits per heavy atom. The van der Waals surface area contributed by atoms with Gasteiger partial charge in [0.15, 0.2) is 5.11 Å². The van der Waals surface area contributed by atoms with E-state index >= 15 is 0 Å². The second kappa shape index (κ2) is 8.00. The van der Waals surface area contributed by atoms with Gasteiger partial charge in [-0.1, -0.05) is 30.3 Å². The first-order chi connectivity index (χ1) is 15.1. The molecule has 154 valence electrons. The van der Waals surface area contributed by atoms with Crippen LogP contribution in [0.5, 0.6) is 0 Å². The summed E-state index contributed by atoms with van der Waals surface area (Å²) in [5, 5.41) is 4.26. The molecule has 0 amide bonds. The second-order valence-electron chi connectivity index (χ2n) is 7.98. The first-order valence-electron chi connectivity index (χ1n) is 10.4. The van der Waals surface area contributed by atoms with Crippen molar-refractivity contribution in [2.24, 2.45) is 0 Å². The van der Waals surface area contributed by atoms with Crippen molar-refractivity contribution in [3.63, 3.8) is 0 Å². The molecule has 31 heavy (non-hydrogen) atoms. The zero-order valence-corrected chi connectivity index (χ0v) is 18.4. The largest absolute Gasteiger partial charge is 0.351 e. The topological polar surface area (TPSA) is 33.1 Å². The predicted octanol–water partition coefficient (Wildman–Crippen LogP) is 5.67. The number of benzene rings is 2. The number of rotatable bonds is 4. The van der Waals surface area contributed by atoms with E-state index in [-0.39, 0.29) is 12.1 Å². The zero-order valence-electron chi connectivity index (χ0n) is 17.6. The minimum absolute atomic E-state index is 0.0419. The maximum Gasteiger partial charge on any atom is 0.174 e. The Hall–Kier alpha value is -3.44. The lowest BCUT2D eigenvalue weighted by molar-refractivity contribution is 0.549. The molecule has 5 rings (SSSR count). The van der Waals surface area contributed by atoms with E-state index in [1.165, 1.54) is 11.1 Å². The predicted molar refractivity (Wildman–Crippen MR) is 130 cm³/mol. The Labute approximate surface area is 188 Å². The summed E-state index contributed by atoms with van der Waals surface area (Å²) in [6, 6.07) is 27.3. The number of thiocarbonyl (C=S) groups is 1. The van der Waals surface area contributed by atoms with E-state index in [0.29, 0.717) is 5.11 Å². The van der Waals surface area contributed by atoms with Crippen LogP contribution >= 0.6 is 12.2 Å². The first kappa shape index (κ1) is 19.5. The van der Waals surface area contributed by atoms with Crippen molar-refractivity contribution in [1.82, 2.24) is 14.9 Å². The van der Waals surface area contributed by atoms with Crippen LogP contribution < -0.4 is 10.2 Å². The molecule has 4 nitrogen and oxygen atoms in total. The monoisotopic (exact) mass is 424 g/mol. The van der Waals surface area contributed by atoms with Crippen LogP contribution in [0, 0.1) is 13.8 Å². The second-order valence-corrected chi connectivity index (χ2v) is 8.36. The van der Waals surface area contributed by atoms with Crippen molar-refractivity contribution in [1.29, 1.82) is 0 Å². The molecule has 3 heterocycles. The maximum atomic E-state index is 5.85. The minimum Gasteiger partial charge on any atom is -0.351 e. The SMILES string of the molecule is Cc1cccc(N2C(=S)N[C@H](c3ccccn3)[C@H]2c2cccn2-c2cccc(C)c2)c1. The molecule has 0 aliphatic carbocycles. The van der Waals surface area contributed by atoms with Crippen LogP contribution in [0.2, 0.25) is 0 Å². The number of anilines is 1. The van der Waals surface area contributed by atoms with Crippen molar-refractivity contribution in [3.05, 3.63) is 114 Å². The summed E-state index contributed by atoms with van der Waals surface area (Å²) < 4.78 is 2.26. The number of pyridine rings is 1. The van der Waals surface area contributed by atoms with Gasteiger partial charge >= 0.3 is 0 Å². The van der Waals surface area contributed by atoms with Crippen molar-refractivity contribution < 1.29 is 0 Å². The van der Waals surface area contributed by atoms with Crippen molar-refractivity contribution in [2.45, 2.75) is 25.9 Å². The number of aromatic nitrogens is 2. The lowest BCUT2D eigenvalue weighted by atomic mass is 10.0. The van der Waals surface area contributed by atoms with Gasteiger partial charge < -0.3 is 14.8 Å². The molecule has 1 aliphatic rings. The standard InChI is InChI=1S/C26H24N4S/c1-18-8-5-10-20(16-18)29-15-7-13-23(29)25-24(22-12-3-4-14-27-22)28-26(31)30(25)21-11-6-9-19(2)17-21/h3-17,24-25H,1-2H3,(H,28,31)/t24-,25-/m1/s1. The average molecular weight is 425 g/mol. The third-order valence-corrected chi connectivity index (χ3v) is 6.06. The fourth-order valence-electron chi connectivity index (χ4n) is 4.36. The molecule has 1 N–H and O–H groups in total. The summed E-state index contributed by atoms with van der Waals surface area (Å²) in [4.78, 5) is 6.88. The Kier molecular flexibility index (Phi) is 5.04. The maximum absolute atomic E-state index is 5.85. The summed E-state index contributed by atoms with van der Waals surface area (Å²) in [6.45, 7) is 4.23. The van der Waals surface area contributed by atoms with Crippen LogP contribution in [0.15, 0.2) is 91.3 Å². The number of nitrogens with one attached hydrogen (secondary N) is 1. The Balaban J connectivity index is 1.68. The van der Waals surface area contributed by atoms with Crippen molar-refractivity contribution in [2.75, 3.05) is 4.90 Å². The third kappa shape index (κ3) is 3.62. The van der Waals surface area contributed by atoms with Crippen molar-refractivity contribution >= 4 is 23.0 Å². The smallest absolute Gasteiger partial charge is 0.174 e. The first-order valence-corrected chi connectivity index (χ1v) is 10.8. The lowest BCUT2D eigenvalue weighted by Gasteiger charge is -2.29. The van der Waals surface area contributed by atoms with E-state index < -0.39 is 0 Å². The van der Waals surface area contributed by atoms with E-state index in [2.05, 4.69) is 107 Å². The van der Waals surface area contributed by atoms with Crippen LogP contribution in [-0.4, -0.2) is 14.7 Å². The van der Waals surface area contributed by atoms with Gasteiger partial charge in [0.05, 0.1) is 11.7 Å². The van der Waals surface area contributed by atoms with Gasteiger partial charge in [0.1, 0.15) is 6.04 Å². The van der Waals surface area contributed by atoms with Gasteiger partial charge in [-0.2, -0.15) is 0 Å². The summed E-state index contributed by atoms with van der Waals surface area (Å²) in [5.41, 5.74) is 6.79. The number of nitrogens with zero attached hydrogens (tertiary/aromatic N) is 3. The summed E-state index contributed by atoms with van der Waals surface area (Å²) >= 11 is 5.85. The van der Waals surface area contributed by atoms with Crippen molar-refractivity contribution in [3.8, 4) is 5.69 Å². The molecule has 2 aromatic heterocycles. The third-order valence-electron chi connectivity index (χ3n) is 5.74. The molecule has 0 saturated carbocycles. The lowest BCUT2D eigenvalue weighted by Crippen LogP contribution is -2.30. The number of hydrogen-bond acceptors (Lipinski definition) is 2. The average Bonchev–Trinajstić information content (AvgIpc) is 3.38. The highest BCUT2D eigenvalue weighted by Crippen LogP contribution is 2.42. The molecular weight excluding hydrogens is 400 g/mol. The van der Waals surface area contributed by atoms with Crippen LogP contribution in [0.1, 0.15) is 34.6 Å². The van der Waals surface area contributed by atoms with Gasteiger partial charge in [0.2, 0.25) is 0 Å². The molecule has 0 unspecified atom stereocenters. The minimum atomic E-state index is -0.0623. The molecule has 4 aromatic rings. The molecule has 5 heteroatoms. The van der Waals surface area contributed by atoms with Crippen LogP contribution in [0.25, 0.3) is 5.69 Å². The molecule has 0 spiro atoms. The van der Waals surface area contributed by atoms with E-state index in [4.69, 9.17) is 12.2 Å². The van der Waals surface area contributed by atoms with Gasteiger partial charge in [-0.25, -0.2) is 0 Å². The molecule has 2 aromatic carbocycles. The zero-order chi connectivity index (χ0) is 21.4. The molecule has 1 saturated heterocycles. The number of aryl methyl sites for hydroxylation is 2. The molecule has 1 aliphatic heterocycles. The molecule has 1 fully saturated rings. The molecular formula is C26H24N4S. The van der Waals surface area contributed by atoms with Gasteiger partial charge in [0, 0.05) is 29.5 Å². The van der Waals surface area contributed by atoms with Gasteiger partial charge in [-0.3, -0.25) is 4.98 Å². The molecule has 2 atom stereocenters. The molecule has 0 radical (unpaired) electrons. The highest BCUT2D eigenvalue weighted by molar-refractivity contribution is 7.80. The van der Waals surface area contributed by atoms with Gasteiger partial charge in [-0.05, 0) is 85.7 Å². The Morgan fingerprint density at radius 3 is 2.29 bits per heavy atom. The highest BCUT2D eigenvalue weighted by atomic mass is 32.1. The van der Waals surface area contributed by atoms with E-state index in [0.717, 1.165) is 22.8 Å². The van der Waals surface area contributed by atoms with Gasteiger partial charge in [-0.15, -0.1) is 0 Å².